The molecule has 2 N–H and O–H groups in total. The largest absolute Gasteiger partial charge is 0.497 e. The fourth-order valence-electron chi connectivity index (χ4n) is 2.64. The van der Waals surface area contributed by atoms with Crippen LogP contribution >= 0.6 is 0 Å². The third-order valence-corrected chi connectivity index (χ3v) is 3.89. The molecule has 1 amide bonds. The van der Waals surface area contributed by atoms with Crippen LogP contribution in [0, 0.1) is 0 Å². The van der Waals surface area contributed by atoms with Crippen molar-refractivity contribution in [1.82, 2.24) is 10.2 Å². The average Bonchev–Trinajstić information content (AvgIpc) is 2.59. The molecule has 0 spiro atoms. The van der Waals surface area contributed by atoms with Gasteiger partial charge in [-0.25, -0.2) is 0 Å². The molecule has 0 fully saturated rings. The monoisotopic (exact) mass is 341 g/mol. The van der Waals surface area contributed by atoms with Gasteiger partial charge < -0.3 is 20.3 Å². The first kappa shape index (κ1) is 19.0. The van der Waals surface area contributed by atoms with Crippen LogP contribution in [0.4, 0.5) is 5.69 Å². The fourth-order valence-corrected chi connectivity index (χ4v) is 2.64. The first-order valence-corrected chi connectivity index (χ1v) is 8.36. The summed E-state index contributed by atoms with van der Waals surface area (Å²) in [4.78, 5) is 13.2. The van der Waals surface area contributed by atoms with Gasteiger partial charge >= 0.3 is 0 Å². The highest BCUT2D eigenvalue weighted by Gasteiger charge is 2.12. The topological polar surface area (TPSA) is 53.6 Å². The van der Waals surface area contributed by atoms with Crippen molar-refractivity contribution >= 4 is 11.6 Å². The maximum Gasteiger partial charge on any atom is 0.221 e. The molecule has 1 atom stereocenters. The normalized spacial score (nSPS) is 12.0. The fraction of sp³-hybridized carbons (Fsp3) is 0.350. The van der Waals surface area contributed by atoms with Crippen molar-refractivity contribution < 1.29 is 9.53 Å². The summed E-state index contributed by atoms with van der Waals surface area (Å²) in [5.41, 5.74) is 3.21. The van der Waals surface area contributed by atoms with Gasteiger partial charge in [0.05, 0.1) is 7.11 Å². The highest BCUT2D eigenvalue weighted by molar-refractivity contribution is 5.88. The molecule has 25 heavy (non-hydrogen) atoms. The second-order valence-corrected chi connectivity index (χ2v) is 6.35. The van der Waals surface area contributed by atoms with E-state index in [0.29, 0.717) is 0 Å². The van der Waals surface area contributed by atoms with E-state index >= 15 is 0 Å². The molecule has 5 heteroatoms. The lowest BCUT2D eigenvalue weighted by Gasteiger charge is -2.23. The van der Waals surface area contributed by atoms with Crippen LogP contribution in [0.15, 0.2) is 48.5 Å². The van der Waals surface area contributed by atoms with Crippen molar-refractivity contribution in [2.24, 2.45) is 0 Å². The molecule has 2 rings (SSSR count). The van der Waals surface area contributed by atoms with Gasteiger partial charge in [-0.2, -0.15) is 0 Å². The number of nitrogens with one attached hydrogen (secondary N) is 2. The minimum Gasteiger partial charge on any atom is -0.497 e. The predicted molar refractivity (Wildman–Crippen MR) is 102 cm³/mol. The molecule has 1 unspecified atom stereocenters. The molecule has 0 aromatic heterocycles. The summed E-state index contributed by atoms with van der Waals surface area (Å²) in [6.45, 7) is 3.16. The predicted octanol–water partition coefficient (Wildman–Crippen LogP) is 3.05. The van der Waals surface area contributed by atoms with Gasteiger partial charge in [0.15, 0.2) is 0 Å². The lowest BCUT2D eigenvalue weighted by molar-refractivity contribution is -0.114. The van der Waals surface area contributed by atoms with E-state index in [1.165, 1.54) is 18.1 Å². The molecule has 0 saturated carbocycles. The van der Waals surface area contributed by atoms with Crippen LogP contribution in [0.5, 0.6) is 5.75 Å². The van der Waals surface area contributed by atoms with Crippen molar-refractivity contribution in [3.63, 3.8) is 0 Å². The van der Waals surface area contributed by atoms with Gasteiger partial charge in [0.2, 0.25) is 5.91 Å². The molecule has 134 valence electrons. The number of carbonyl (C=O) groups excluding carboxylic acids is 1. The molecule has 0 heterocycles. The van der Waals surface area contributed by atoms with Crippen molar-refractivity contribution in [2.45, 2.75) is 19.5 Å². The number of rotatable bonds is 8. The number of likely N-dealkylation sites (N-methyl/N-ethyl adjacent to an activating group) is 1. The van der Waals surface area contributed by atoms with Crippen LogP contribution in [-0.2, 0) is 11.3 Å². The van der Waals surface area contributed by atoms with Crippen molar-refractivity contribution in [3.05, 3.63) is 59.7 Å². The number of carbonyl (C=O) groups is 1. The van der Waals surface area contributed by atoms with Gasteiger partial charge in [-0.3, -0.25) is 4.79 Å². The van der Waals surface area contributed by atoms with Crippen LogP contribution < -0.4 is 15.4 Å². The summed E-state index contributed by atoms with van der Waals surface area (Å²) in [7, 11) is 5.82. The van der Waals surface area contributed by atoms with Crippen LogP contribution in [0.3, 0.4) is 0 Å². The molecule has 0 radical (unpaired) electrons. The Balaban J connectivity index is 2.02. The number of hydrogen-bond acceptors (Lipinski definition) is 4. The molecular weight excluding hydrogens is 314 g/mol. The summed E-state index contributed by atoms with van der Waals surface area (Å²) in [6, 6.07) is 16.3. The van der Waals surface area contributed by atoms with Crippen molar-refractivity contribution in [1.29, 1.82) is 0 Å². The highest BCUT2D eigenvalue weighted by atomic mass is 16.5. The molecule has 0 saturated heterocycles. The first-order valence-electron chi connectivity index (χ1n) is 8.36. The average molecular weight is 341 g/mol. The molecule has 5 nitrogen and oxygen atoms in total. The zero-order valence-electron chi connectivity index (χ0n) is 15.4. The van der Waals surface area contributed by atoms with Crippen LogP contribution in [-0.4, -0.2) is 38.6 Å². The van der Waals surface area contributed by atoms with Gasteiger partial charge in [-0.1, -0.05) is 24.3 Å². The summed E-state index contributed by atoms with van der Waals surface area (Å²) in [5.74, 6) is 0.803. The first-order chi connectivity index (χ1) is 12.0. The zero-order chi connectivity index (χ0) is 18.2. The third kappa shape index (κ3) is 6.21. The number of amides is 1. The van der Waals surface area contributed by atoms with E-state index in [2.05, 4.69) is 41.8 Å². The summed E-state index contributed by atoms with van der Waals surface area (Å²) >= 11 is 0. The lowest BCUT2D eigenvalue weighted by Crippen LogP contribution is -2.30. The number of hydrogen-bond donors (Lipinski definition) is 2. The Kier molecular flexibility index (Phi) is 6.98. The number of nitrogens with zero attached hydrogens (tertiary/aromatic N) is 1. The summed E-state index contributed by atoms with van der Waals surface area (Å²) in [6.07, 6.45) is 0. The summed E-state index contributed by atoms with van der Waals surface area (Å²) < 4.78 is 5.24. The standard InChI is InChI=1S/C20H27N3O2/c1-15(24)22-18-9-5-16(6-10-18)13-21-20(14-23(2)3)17-7-11-19(25-4)12-8-17/h5-12,20-21H,13-14H2,1-4H3,(H,22,24). The van der Waals surface area contributed by atoms with E-state index < -0.39 is 0 Å². The molecular formula is C20H27N3O2. The van der Waals surface area contributed by atoms with Gasteiger partial charge in [0.25, 0.3) is 0 Å². The van der Waals surface area contributed by atoms with Gasteiger partial charge in [-0.05, 0) is 49.5 Å². The summed E-state index contributed by atoms with van der Waals surface area (Å²) in [5, 5.41) is 6.39. The van der Waals surface area contributed by atoms with Crippen LogP contribution in [0.2, 0.25) is 0 Å². The zero-order valence-corrected chi connectivity index (χ0v) is 15.4. The second-order valence-electron chi connectivity index (χ2n) is 6.35. The Morgan fingerprint density at radius 2 is 1.72 bits per heavy atom. The molecule has 0 aliphatic carbocycles. The van der Waals surface area contributed by atoms with Crippen molar-refractivity contribution in [2.75, 3.05) is 33.1 Å². The Bertz CT molecular complexity index is 666. The molecule has 2 aromatic carbocycles. The molecule has 2 aromatic rings. The third-order valence-electron chi connectivity index (χ3n) is 3.89. The van der Waals surface area contributed by atoms with E-state index in [1.807, 2.05) is 36.4 Å². The Hall–Kier alpha value is -2.37. The Morgan fingerprint density at radius 1 is 1.08 bits per heavy atom. The lowest BCUT2D eigenvalue weighted by atomic mass is 10.1. The number of anilines is 1. The van der Waals surface area contributed by atoms with Crippen LogP contribution in [0.25, 0.3) is 0 Å². The molecule has 0 aliphatic rings. The van der Waals surface area contributed by atoms with Gasteiger partial charge in [-0.15, -0.1) is 0 Å². The van der Waals surface area contributed by atoms with E-state index in [9.17, 15) is 4.79 Å². The number of methoxy groups -OCH3 is 1. The van der Waals surface area contributed by atoms with E-state index in [0.717, 1.165) is 24.5 Å². The van der Waals surface area contributed by atoms with Gasteiger partial charge in [0.1, 0.15) is 5.75 Å². The minimum absolute atomic E-state index is 0.0589. The van der Waals surface area contributed by atoms with E-state index in [-0.39, 0.29) is 11.9 Å². The van der Waals surface area contributed by atoms with Gasteiger partial charge in [0, 0.05) is 31.7 Å². The molecule has 0 aliphatic heterocycles. The molecule has 0 bridgehead atoms. The minimum atomic E-state index is -0.0589. The maximum atomic E-state index is 11.1. The second kappa shape index (κ2) is 9.20. The number of benzene rings is 2. The Labute approximate surface area is 150 Å². The number of ether oxygens (including phenoxy) is 1. The van der Waals surface area contributed by atoms with E-state index in [1.54, 1.807) is 7.11 Å². The van der Waals surface area contributed by atoms with Crippen LogP contribution in [0.1, 0.15) is 24.1 Å². The smallest absolute Gasteiger partial charge is 0.221 e. The highest BCUT2D eigenvalue weighted by Crippen LogP contribution is 2.19. The Morgan fingerprint density at radius 3 is 2.24 bits per heavy atom. The van der Waals surface area contributed by atoms with Crippen molar-refractivity contribution in [3.8, 4) is 5.75 Å². The maximum absolute atomic E-state index is 11.1. The SMILES string of the molecule is COc1ccc(C(CN(C)C)NCc2ccc(NC(C)=O)cc2)cc1. The van der Waals surface area contributed by atoms with E-state index in [4.69, 9.17) is 4.74 Å². The quantitative estimate of drug-likeness (QED) is 0.775.